The Bertz CT molecular complexity index is 559. The van der Waals surface area contributed by atoms with E-state index >= 15 is 0 Å². The van der Waals surface area contributed by atoms with Crippen molar-refractivity contribution in [3.05, 3.63) is 29.8 Å². The second kappa shape index (κ2) is 7.57. The van der Waals surface area contributed by atoms with Gasteiger partial charge in [-0.05, 0) is 51.2 Å². The molecule has 0 aliphatic carbocycles. The monoisotopic (exact) mass is 326 g/mol. The normalized spacial score (nSPS) is 21.5. The average molecular weight is 326 g/mol. The van der Waals surface area contributed by atoms with Gasteiger partial charge in [-0.15, -0.1) is 0 Å². The second-order valence-electron chi connectivity index (χ2n) is 6.08. The average Bonchev–Trinajstić information content (AvgIpc) is 2.44. The van der Waals surface area contributed by atoms with E-state index in [0.29, 0.717) is 0 Å². The molecule has 4 nitrogen and oxygen atoms in total. The molecule has 124 valence electrons. The Labute approximate surface area is 134 Å². The summed E-state index contributed by atoms with van der Waals surface area (Å²) in [5, 5.41) is 0. The predicted octanol–water partition coefficient (Wildman–Crippen LogP) is 3.83. The van der Waals surface area contributed by atoms with Crippen molar-refractivity contribution in [2.75, 3.05) is 13.2 Å². The molecule has 1 fully saturated rings. The van der Waals surface area contributed by atoms with Gasteiger partial charge >= 0.3 is 0 Å². The molecule has 1 aliphatic rings. The Hall–Kier alpha value is -0.910. The summed E-state index contributed by atoms with van der Waals surface area (Å²) >= 11 is 0. The summed E-state index contributed by atoms with van der Waals surface area (Å²) in [4.78, 5) is 0.225. The van der Waals surface area contributed by atoms with Crippen LogP contribution in [0.1, 0.15) is 51.0 Å². The van der Waals surface area contributed by atoms with Crippen molar-refractivity contribution in [1.29, 1.82) is 0 Å². The molecule has 1 atom stereocenters. The van der Waals surface area contributed by atoms with Crippen LogP contribution in [0.25, 0.3) is 0 Å². The third kappa shape index (κ3) is 4.54. The molecule has 0 bridgehead atoms. The highest BCUT2D eigenvalue weighted by Gasteiger charge is 2.36. The van der Waals surface area contributed by atoms with Crippen LogP contribution in [-0.4, -0.2) is 27.2 Å². The number of aryl methyl sites for hydroxylation is 1. The minimum absolute atomic E-state index is 0.0601. The molecule has 0 N–H and O–H groups in total. The van der Waals surface area contributed by atoms with Crippen molar-refractivity contribution >= 4 is 10.1 Å². The molecule has 0 saturated carbocycles. The van der Waals surface area contributed by atoms with Crippen molar-refractivity contribution in [2.24, 2.45) is 0 Å². The van der Waals surface area contributed by atoms with Gasteiger partial charge in [0.05, 0.1) is 23.7 Å². The molecule has 1 unspecified atom stereocenters. The topological polar surface area (TPSA) is 52.6 Å². The lowest BCUT2D eigenvalue weighted by Gasteiger charge is -2.42. The molecule has 1 heterocycles. The zero-order chi connectivity index (χ0) is 16.1. The van der Waals surface area contributed by atoms with Crippen LogP contribution in [-0.2, 0) is 19.0 Å². The smallest absolute Gasteiger partial charge is 0.296 e. The van der Waals surface area contributed by atoms with Gasteiger partial charge in [0.15, 0.2) is 0 Å². The van der Waals surface area contributed by atoms with Crippen LogP contribution in [0, 0.1) is 6.92 Å². The quantitative estimate of drug-likeness (QED) is 0.511. The van der Waals surface area contributed by atoms with Gasteiger partial charge in [-0.1, -0.05) is 31.0 Å². The highest BCUT2D eigenvalue weighted by Crippen LogP contribution is 2.36. The van der Waals surface area contributed by atoms with Crippen LogP contribution in [0.5, 0.6) is 0 Å². The Morgan fingerprint density at radius 1 is 1.18 bits per heavy atom. The fourth-order valence-corrected chi connectivity index (χ4v) is 3.80. The number of benzene rings is 1. The molecule has 1 aliphatic heterocycles. The van der Waals surface area contributed by atoms with E-state index in [1.54, 1.807) is 24.3 Å². The van der Waals surface area contributed by atoms with Crippen LogP contribution in [0.4, 0.5) is 0 Å². The lowest BCUT2D eigenvalue weighted by Crippen LogP contribution is -2.43. The summed E-state index contributed by atoms with van der Waals surface area (Å²) in [6.45, 7) is 5.18. The van der Waals surface area contributed by atoms with Gasteiger partial charge in [0.2, 0.25) is 0 Å². The van der Waals surface area contributed by atoms with Crippen LogP contribution in [0.15, 0.2) is 29.2 Å². The van der Waals surface area contributed by atoms with Gasteiger partial charge in [0.1, 0.15) is 0 Å². The zero-order valence-corrected chi connectivity index (χ0v) is 14.3. The Morgan fingerprint density at radius 3 is 2.41 bits per heavy atom. The maximum Gasteiger partial charge on any atom is 0.296 e. The van der Waals surface area contributed by atoms with Crippen LogP contribution < -0.4 is 0 Å². The number of ether oxygens (including phenoxy) is 1. The molecule has 0 aromatic heterocycles. The molecule has 5 heteroatoms. The highest BCUT2D eigenvalue weighted by molar-refractivity contribution is 7.86. The summed E-state index contributed by atoms with van der Waals surface area (Å²) in [5.74, 6) is 0. The molecule has 2 rings (SSSR count). The number of hydrogen-bond donors (Lipinski definition) is 0. The molecular weight excluding hydrogens is 300 g/mol. The van der Waals surface area contributed by atoms with Crippen molar-refractivity contribution in [3.63, 3.8) is 0 Å². The van der Waals surface area contributed by atoms with E-state index in [9.17, 15) is 8.42 Å². The standard InChI is InChI=1S/C17H26O4S/c1-3-10-17(12-14-20-17)11-4-5-13-21-22(18,19)16-8-6-15(2)7-9-16/h6-9H,3-5,10-14H2,1-2H3. The molecule has 1 saturated heterocycles. The predicted molar refractivity (Wildman–Crippen MR) is 86.4 cm³/mol. The first-order chi connectivity index (χ1) is 10.5. The SMILES string of the molecule is CCCC1(CCCCOS(=O)(=O)c2ccc(C)cc2)CCO1. The zero-order valence-electron chi connectivity index (χ0n) is 13.5. The summed E-state index contributed by atoms with van der Waals surface area (Å²) in [5.41, 5.74) is 1.09. The third-order valence-electron chi connectivity index (χ3n) is 4.25. The van der Waals surface area contributed by atoms with Crippen molar-refractivity contribution < 1.29 is 17.3 Å². The van der Waals surface area contributed by atoms with E-state index in [1.807, 2.05) is 6.92 Å². The number of hydrogen-bond acceptors (Lipinski definition) is 4. The largest absolute Gasteiger partial charge is 0.375 e. The van der Waals surface area contributed by atoms with Crippen molar-refractivity contribution in [1.82, 2.24) is 0 Å². The van der Waals surface area contributed by atoms with Gasteiger partial charge in [0.25, 0.3) is 10.1 Å². The maximum absolute atomic E-state index is 12.0. The van der Waals surface area contributed by atoms with E-state index in [0.717, 1.165) is 50.7 Å². The Balaban J connectivity index is 1.73. The molecule has 0 amide bonds. The second-order valence-corrected chi connectivity index (χ2v) is 7.69. The minimum Gasteiger partial charge on any atom is -0.375 e. The van der Waals surface area contributed by atoms with E-state index in [2.05, 4.69) is 6.92 Å². The van der Waals surface area contributed by atoms with Crippen LogP contribution in [0.3, 0.4) is 0 Å². The van der Waals surface area contributed by atoms with Gasteiger partial charge in [-0.25, -0.2) is 0 Å². The molecule has 22 heavy (non-hydrogen) atoms. The Kier molecular flexibility index (Phi) is 6.01. The first-order valence-electron chi connectivity index (χ1n) is 8.07. The first-order valence-corrected chi connectivity index (χ1v) is 9.48. The summed E-state index contributed by atoms with van der Waals surface area (Å²) in [6.07, 6.45) is 6.01. The molecule has 0 radical (unpaired) electrons. The van der Waals surface area contributed by atoms with Gasteiger partial charge in [0, 0.05) is 0 Å². The highest BCUT2D eigenvalue weighted by atomic mass is 32.2. The number of rotatable bonds is 9. The molecule has 1 aromatic carbocycles. The molecule has 1 aromatic rings. The van der Waals surface area contributed by atoms with Crippen LogP contribution >= 0.6 is 0 Å². The third-order valence-corrected chi connectivity index (χ3v) is 5.57. The minimum atomic E-state index is -3.63. The van der Waals surface area contributed by atoms with Gasteiger partial charge in [-0.3, -0.25) is 4.18 Å². The van der Waals surface area contributed by atoms with Crippen molar-refractivity contribution in [2.45, 2.75) is 62.9 Å². The summed E-state index contributed by atoms with van der Waals surface area (Å²) in [7, 11) is -3.63. The Morgan fingerprint density at radius 2 is 1.86 bits per heavy atom. The lowest BCUT2D eigenvalue weighted by atomic mass is 9.85. The number of unbranched alkanes of at least 4 members (excludes halogenated alkanes) is 1. The van der Waals surface area contributed by atoms with Crippen molar-refractivity contribution in [3.8, 4) is 0 Å². The van der Waals surface area contributed by atoms with Crippen LogP contribution in [0.2, 0.25) is 0 Å². The van der Waals surface area contributed by atoms with E-state index < -0.39 is 10.1 Å². The van der Waals surface area contributed by atoms with E-state index in [4.69, 9.17) is 8.92 Å². The van der Waals surface area contributed by atoms with Gasteiger partial charge < -0.3 is 4.74 Å². The summed E-state index contributed by atoms with van der Waals surface area (Å²) in [6, 6.07) is 6.73. The first kappa shape index (κ1) is 17.4. The fourth-order valence-electron chi connectivity index (χ4n) is 2.86. The molecular formula is C17H26O4S. The fraction of sp³-hybridized carbons (Fsp3) is 0.647. The molecule has 0 spiro atoms. The van der Waals surface area contributed by atoms with E-state index in [1.165, 1.54) is 0 Å². The lowest BCUT2D eigenvalue weighted by molar-refractivity contribution is -0.156. The maximum atomic E-state index is 12.0. The van der Waals surface area contributed by atoms with Gasteiger partial charge in [-0.2, -0.15) is 8.42 Å². The van der Waals surface area contributed by atoms with E-state index in [-0.39, 0.29) is 17.1 Å². The summed E-state index contributed by atoms with van der Waals surface area (Å²) < 4.78 is 34.9.